The van der Waals surface area contributed by atoms with E-state index in [4.69, 9.17) is 10.8 Å². The summed E-state index contributed by atoms with van der Waals surface area (Å²) in [5, 5.41) is 12.1. The Bertz CT molecular complexity index is 256. The molecule has 16 heavy (non-hydrogen) atoms. The lowest BCUT2D eigenvalue weighted by molar-refractivity contribution is -0.126. The minimum Gasteiger partial charge on any atom is -0.396 e. The number of nitrogens with one attached hydrogen (secondary N) is 1. The lowest BCUT2D eigenvalue weighted by atomic mass is 9.86. The minimum absolute atomic E-state index is 0.0146. The fourth-order valence-corrected chi connectivity index (χ4v) is 2.37. The van der Waals surface area contributed by atoms with Gasteiger partial charge in [0.15, 0.2) is 0 Å². The Kier molecular flexibility index (Phi) is 3.50. The zero-order valence-electron chi connectivity index (χ0n) is 9.74. The summed E-state index contributed by atoms with van der Waals surface area (Å²) in [7, 11) is 0. The van der Waals surface area contributed by atoms with Crippen molar-refractivity contribution in [1.29, 1.82) is 0 Å². The van der Waals surface area contributed by atoms with Gasteiger partial charge in [-0.05, 0) is 38.5 Å². The Hall–Kier alpha value is -0.610. The van der Waals surface area contributed by atoms with E-state index in [-0.39, 0.29) is 29.9 Å². The van der Waals surface area contributed by atoms with Crippen molar-refractivity contribution in [3.63, 3.8) is 0 Å². The molecular weight excluding hydrogens is 204 g/mol. The number of hydrogen-bond donors (Lipinski definition) is 3. The van der Waals surface area contributed by atoms with Gasteiger partial charge in [-0.3, -0.25) is 4.79 Å². The monoisotopic (exact) mass is 226 g/mol. The zero-order chi connectivity index (χ0) is 11.6. The lowest BCUT2D eigenvalue weighted by Gasteiger charge is -2.25. The maximum atomic E-state index is 11.9. The third-order valence-electron chi connectivity index (χ3n) is 4.07. The normalized spacial score (nSPS) is 32.1. The van der Waals surface area contributed by atoms with Gasteiger partial charge in [-0.1, -0.05) is 0 Å². The Labute approximate surface area is 96.6 Å². The second kappa shape index (κ2) is 4.72. The molecule has 4 N–H and O–H groups in total. The molecule has 0 heterocycles. The molecule has 0 saturated heterocycles. The number of carbonyl (C=O) groups is 1. The topological polar surface area (TPSA) is 75.4 Å². The van der Waals surface area contributed by atoms with E-state index in [1.165, 1.54) is 0 Å². The predicted octanol–water partition coefficient (Wildman–Crippen LogP) is 0.393. The molecule has 4 heteroatoms. The molecule has 0 aromatic rings. The van der Waals surface area contributed by atoms with E-state index in [9.17, 15) is 4.79 Å². The molecule has 4 nitrogen and oxygen atoms in total. The van der Waals surface area contributed by atoms with Crippen LogP contribution >= 0.6 is 0 Å². The quantitative estimate of drug-likeness (QED) is 0.649. The first-order chi connectivity index (χ1) is 7.65. The van der Waals surface area contributed by atoms with Crippen LogP contribution in [0.25, 0.3) is 0 Å². The fourth-order valence-electron chi connectivity index (χ4n) is 2.37. The molecule has 0 atom stereocenters. The van der Waals surface area contributed by atoms with Gasteiger partial charge < -0.3 is 16.2 Å². The summed E-state index contributed by atoms with van der Waals surface area (Å²) < 4.78 is 0. The highest BCUT2D eigenvalue weighted by atomic mass is 16.3. The van der Waals surface area contributed by atoms with Crippen molar-refractivity contribution >= 4 is 5.91 Å². The van der Waals surface area contributed by atoms with Crippen molar-refractivity contribution in [2.75, 3.05) is 13.2 Å². The molecule has 0 unspecified atom stereocenters. The largest absolute Gasteiger partial charge is 0.396 e. The van der Waals surface area contributed by atoms with Gasteiger partial charge in [0.2, 0.25) is 5.91 Å². The molecule has 2 fully saturated rings. The number of aliphatic hydroxyl groups is 1. The first-order valence-electron chi connectivity index (χ1n) is 6.29. The molecule has 0 aromatic carbocycles. The molecule has 0 aliphatic heterocycles. The second-order valence-corrected chi connectivity index (χ2v) is 5.49. The van der Waals surface area contributed by atoms with Crippen LogP contribution in [0.5, 0.6) is 0 Å². The van der Waals surface area contributed by atoms with Crippen LogP contribution in [0.2, 0.25) is 0 Å². The second-order valence-electron chi connectivity index (χ2n) is 5.49. The van der Waals surface area contributed by atoms with E-state index < -0.39 is 0 Å². The molecule has 0 aromatic heterocycles. The highest BCUT2D eigenvalue weighted by Gasteiger charge is 2.42. The van der Waals surface area contributed by atoms with Gasteiger partial charge in [-0.25, -0.2) is 0 Å². The van der Waals surface area contributed by atoms with E-state index in [1.807, 2.05) is 0 Å². The summed E-state index contributed by atoms with van der Waals surface area (Å²) >= 11 is 0. The van der Waals surface area contributed by atoms with Gasteiger partial charge >= 0.3 is 0 Å². The van der Waals surface area contributed by atoms with Gasteiger partial charge in [-0.15, -0.1) is 0 Å². The number of amides is 1. The number of hydrogen-bond acceptors (Lipinski definition) is 3. The van der Waals surface area contributed by atoms with E-state index >= 15 is 0 Å². The third kappa shape index (κ3) is 2.74. The van der Waals surface area contributed by atoms with E-state index in [0.29, 0.717) is 6.54 Å². The average Bonchev–Trinajstić information content (AvgIpc) is 3.08. The summed E-state index contributed by atoms with van der Waals surface area (Å²) in [6.45, 7) is 0.841. The van der Waals surface area contributed by atoms with Crippen molar-refractivity contribution in [2.24, 2.45) is 17.1 Å². The van der Waals surface area contributed by atoms with Crippen LogP contribution in [0, 0.1) is 11.3 Å². The first-order valence-corrected chi connectivity index (χ1v) is 6.29. The lowest BCUT2D eigenvalue weighted by Crippen LogP contribution is -2.39. The molecule has 2 saturated carbocycles. The van der Waals surface area contributed by atoms with Crippen molar-refractivity contribution in [1.82, 2.24) is 5.32 Å². The predicted molar refractivity (Wildman–Crippen MR) is 61.7 cm³/mol. The maximum absolute atomic E-state index is 11.9. The molecule has 92 valence electrons. The highest BCUT2D eigenvalue weighted by Crippen LogP contribution is 2.44. The number of nitrogens with two attached hydrogens (primary N) is 1. The Morgan fingerprint density at radius 2 is 1.94 bits per heavy atom. The maximum Gasteiger partial charge on any atom is 0.223 e. The van der Waals surface area contributed by atoms with Crippen LogP contribution in [-0.4, -0.2) is 30.2 Å². The Morgan fingerprint density at radius 3 is 2.44 bits per heavy atom. The standard InChI is InChI=1S/C12H22N2O2/c13-10-3-1-9(2-4-10)11(16)14-7-12(8-15)5-6-12/h9-10,15H,1-8,13H2,(H,14,16). The molecule has 0 bridgehead atoms. The first kappa shape index (κ1) is 11.9. The molecule has 0 spiro atoms. The summed E-state index contributed by atoms with van der Waals surface area (Å²) in [4.78, 5) is 11.9. The van der Waals surface area contributed by atoms with Gasteiger partial charge in [0.25, 0.3) is 0 Å². The van der Waals surface area contributed by atoms with E-state index in [2.05, 4.69) is 5.32 Å². The van der Waals surface area contributed by atoms with Crippen molar-refractivity contribution in [3.05, 3.63) is 0 Å². The van der Waals surface area contributed by atoms with E-state index in [0.717, 1.165) is 38.5 Å². The number of rotatable bonds is 4. The smallest absolute Gasteiger partial charge is 0.223 e. The number of aliphatic hydroxyl groups excluding tert-OH is 1. The highest BCUT2D eigenvalue weighted by molar-refractivity contribution is 5.78. The number of carbonyl (C=O) groups excluding carboxylic acids is 1. The van der Waals surface area contributed by atoms with Gasteiger partial charge in [0.1, 0.15) is 0 Å². The molecule has 2 aliphatic carbocycles. The van der Waals surface area contributed by atoms with Gasteiger partial charge in [-0.2, -0.15) is 0 Å². The van der Waals surface area contributed by atoms with Gasteiger partial charge in [0, 0.05) is 23.9 Å². The van der Waals surface area contributed by atoms with Crippen molar-refractivity contribution in [2.45, 2.75) is 44.6 Å². The molecule has 1 amide bonds. The van der Waals surface area contributed by atoms with E-state index in [1.54, 1.807) is 0 Å². The Morgan fingerprint density at radius 1 is 1.31 bits per heavy atom. The van der Waals surface area contributed by atoms with Gasteiger partial charge in [0.05, 0.1) is 6.61 Å². The van der Waals surface area contributed by atoms with Crippen LogP contribution in [-0.2, 0) is 4.79 Å². The SMILES string of the molecule is NC1CCC(C(=O)NCC2(CO)CC2)CC1. The van der Waals surface area contributed by atoms with Crippen molar-refractivity contribution in [3.8, 4) is 0 Å². The summed E-state index contributed by atoms with van der Waals surface area (Å²) in [6, 6.07) is 0.288. The van der Waals surface area contributed by atoms with Crippen LogP contribution in [0.3, 0.4) is 0 Å². The minimum atomic E-state index is 0.0146. The zero-order valence-corrected chi connectivity index (χ0v) is 9.74. The molecule has 0 radical (unpaired) electrons. The summed E-state index contributed by atoms with van der Waals surface area (Å²) in [5.41, 5.74) is 5.82. The Balaban J connectivity index is 1.71. The van der Waals surface area contributed by atoms with Crippen molar-refractivity contribution < 1.29 is 9.90 Å². The van der Waals surface area contributed by atoms with Crippen LogP contribution in [0.15, 0.2) is 0 Å². The average molecular weight is 226 g/mol. The van der Waals surface area contributed by atoms with Crippen LogP contribution in [0.4, 0.5) is 0 Å². The summed E-state index contributed by atoms with van der Waals surface area (Å²) in [5.74, 6) is 0.306. The van der Waals surface area contributed by atoms with Crippen LogP contribution < -0.4 is 11.1 Å². The fraction of sp³-hybridized carbons (Fsp3) is 0.917. The molecular formula is C12H22N2O2. The molecule has 2 rings (SSSR count). The summed E-state index contributed by atoms with van der Waals surface area (Å²) in [6.07, 6.45) is 5.84. The third-order valence-corrected chi connectivity index (χ3v) is 4.07. The van der Waals surface area contributed by atoms with Crippen LogP contribution in [0.1, 0.15) is 38.5 Å². The molecule has 2 aliphatic rings.